The number of nitrogens with zero attached hydrogens (tertiary/aromatic N) is 1. The molecule has 3 N–H and O–H groups in total. The van der Waals surface area contributed by atoms with Gasteiger partial charge in [-0.05, 0) is 31.0 Å². The van der Waals surface area contributed by atoms with Crippen LogP contribution in [0.25, 0.3) is 11.3 Å². The summed E-state index contributed by atoms with van der Waals surface area (Å²) in [5.41, 5.74) is 9.56. The highest BCUT2D eigenvalue weighted by atomic mass is 16.1. The van der Waals surface area contributed by atoms with E-state index in [2.05, 4.69) is 10.2 Å². The van der Waals surface area contributed by atoms with Gasteiger partial charge in [0.15, 0.2) is 0 Å². The SMILES string of the molecule is Cc1cccc(C)c1-c1cc(C(N)=O)[nH]n1. The molecule has 0 saturated carbocycles. The summed E-state index contributed by atoms with van der Waals surface area (Å²) < 4.78 is 0. The summed E-state index contributed by atoms with van der Waals surface area (Å²) in [5.74, 6) is -0.495. The van der Waals surface area contributed by atoms with Crippen LogP contribution >= 0.6 is 0 Å². The number of aromatic amines is 1. The largest absolute Gasteiger partial charge is 0.364 e. The number of amides is 1. The quantitative estimate of drug-likeness (QED) is 0.801. The molecule has 0 aliphatic heterocycles. The number of carbonyl (C=O) groups is 1. The Hall–Kier alpha value is -2.10. The van der Waals surface area contributed by atoms with E-state index in [1.807, 2.05) is 32.0 Å². The molecule has 0 fully saturated rings. The summed E-state index contributed by atoms with van der Waals surface area (Å²) in [6, 6.07) is 7.70. The number of nitrogens with two attached hydrogens (primary N) is 1. The third kappa shape index (κ3) is 1.69. The Labute approximate surface area is 93.5 Å². The van der Waals surface area contributed by atoms with Crippen LogP contribution in [0.3, 0.4) is 0 Å². The summed E-state index contributed by atoms with van der Waals surface area (Å²) in [7, 11) is 0. The van der Waals surface area contributed by atoms with E-state index in [0.717, 1.165) is 22.4 Å². The van der Waals surface area contributed by atoms with Gasteiger partial charge < -0.3 is 5.73 Å². The van der Waals surface area contributed by atoms with E-state index in [9.17, 15) is 4.79 Å². The number of hydrogen-bond acceptors (Lipinski definition) is 2. The first-order valence-electron chi connectivity index (χ1n) is 5.01. The zero-order valence-electron chi connectivity index (χ0n) is 9.24. The van der Waals surface area contributed by atoms with E-state index in [-0.39, 0.29) is 0 Å². The minimum absolute atomic E-state index is 0.331. The van der Waals surface area contributed by atoms with E-state index in [4.69, 9.17) is 5.73 Å². The smallest absolute Gasteiger partial charge is 0.266 e. The van der Waals surface area contributed by atoms with Gasteiger partial charge in [0.2, 0.25) is 0 Å². The number of hydrogen-bond donors (Lipinski definition) is 2. The number of H-pyrrole nitrogens is 1. The molecule has 0 radical (unpaired) electrons. The fourth-order valence-corrected chi connectivity index (χ4v) is 1.79. The van der Waals surface area contributed by atoms with Gasteiger partial charge in [0.1, 0.15) is 5.69 Å². The molecule has 82 valence electrons. The summed E-state index contributed by atoms with van der Waals surface area (Å²) in [4.78, 5) is 11.0. The Morgan fingerprint density at radius 3 is 2.44 bits per heavy atom. The monoisotopic (exact) mass is 215 g/mol. The van der Waals surface area contributed by atoms with E-state index in [1.54, 1.807) is 6.07 Å². The molecule has 0 aliphatic carbocycles. The van der Waals surface area contributed by atoms with Crippen LogP contribution in [0.4, 0.5) is 0 Å². The van der Waals surface area contributed by atoms with E-state index in [0.29, 0.717) is 5.69 Å². The third-order valence-electron chi connectivity index (χ3n) is 2.58. The second-order valence-corrected chi connectivity index (χ2v) is 3.80. The summed E-state index contributed by atoms with van der Waals surface area (Å²) in [5, 5.41) is 6.74. The van der Waals surface area contributed by atoms with Gasteiger partial charge in [-0.3, -0.25) is 9.89 Å². The number of aryl methyl sites for hydroxylation is 2. The second-order valence-electron chi connectivity index (χ2n) is 3.80. The molecule has 2 rings (SSSR count). The van der Waals surface area contributed by atoms with Crippen LogP contribution in [0.2, 0.25) is 0 Å². The summed E-state index contributed by atoms with van der Waals surface area (Å²) >= 11 is 0. The molecule has 1 aromatic heterocycles. The highest BCUT2D eigenvalue weighted by Crippen LogP contribution is 2.25. The standard InChI is InChI=1S/C12H13N3O/c1-7-4-3-5-8(2)11(7)9-6-10(12(13)16)15-14-9/h3-6H,1-2H3,(H2,13,16)(H,14,15). The van der Waals surface area contributed by atoms with Crippen molar-refractivity contribution in [3.8, 4) is 11.3 Å². The van der Waals surface area contributed by atoms with Crippen molar-refractivity contribution in [2.45, 2.75) is 13.8 Å². The van der Waals surface area contributed by atoms with Crippen molar-refractivity contribution in [2.24, 2.45) is 5.73 Å². The van der Waals surface area contributed by atoms with Crippen molar-refractivity contribution >= 4 is 5.91 Å². The van der Waals surface area contributed by atoms with Crippen LogP contribution in [0.5, 0.6) is 0 Å². The zero-order valence-corrected chi connectivity index (χ0v) is 9.24. The molecular weight excluding hydrogens is 202 g/mol. The van der Waals surface area contributed by atoms with Crippen molar-refractivity contribution in [1.29, 1.82) is 0 Å². The molecule has 16 heavy (non-hydrogen) atoms. The van der Waals surface area contributed by atoms with Gasteiger partial charge in [-0.2, -0.15) is 5.10 Å². The Morgan fingerprint density at radius 2 is 1.94 bits per heavy atom. The van der Waals surface area contributed by atoms with Gasteiger partial charge in [0.05, 0.1) is 5.69 Å². The molecule has 0 aliphatic rings. The molecule has 0 bridgehead atoms. The Morgan fingerprint density at radius 1 is 1.31 bits per heavy atom. The van der Waals surface area contributed by atoms with Gasteiger partial charge in [-0.1, -0.05) is 18.2 Å². The van der Waals surface area contributed by atoms with Gasteiger partial charge in [0, 0.05) is 5.56 Å². The summed E-state index contributed by atoms with van der Waals surface area (Å²) in [6.07, 6.45) is 0. The van der Waals surface area contributed by atoms with Crippen molar-refractivity contribution in [3.05, 3.63) is 41.1 Å². The maximum absolute atomic E-state index is 11.0. The third-order valence-corrected chi connectivity index (χ3v) is 2.58. The molecule has 1 amide bonds. The number of aromatic nitrogens is 2. The second kappa shape index (κ2) is 3.81. The number of rotatable bonds is 2. The van der Waals surface area contributed by atoms with Gasteiger partial charge >= 0.3 is 0 Å². The molecular formula is C12H13N3O. The van der Waals surface area contributed by atoms with Crippen LogP contribution in [0.1, 0.15) is 21.6 Å². The summed E-state index contributed by atoms with van der Waals surface area (Å²) in [6.45, 7) is 4.03. The fourth-order valence-electron chi connectivity index (χ4n) is 1.79. The molecule has 4 heteroatoms. The fraction of sp³-hybridized carbons (Fsp3) is 0.167. The number of nitrogens with one attached hydrogen (secondary N) is 1. The van der Waals surface area contributed by atoms with Crippen LogP contribution in [-0.4, -0.2) is 16.1 Å². The predicted octanol–water partition coefficient (Wildman–Crippen LogP) is 1.79. The van der Waals surface area contributed by atoms with E-state index < -0.39 is 5.91 Å². The molecule has 4 nitrogen and oxygen atoms in total. The van der Waals surface area contributed by atoms with Crippen molar-refractivity contribution < 1.29 is 4.79 Å². The van der Waals surface area contributed by atoms with E-state index in [1.165, 1.54) is 0 Å². The lowest BCUT2D eigenvalue weighted by molar-refractivity contribution is 0.0995. The zero-order chi connectivity index (χ0) is 11.7. The minimum atomic E-state index is -0.495. The first-order chi connectivity index (χ1) is 7.59. The topological polar surface area (TPSA) is 71.8 Å². The Kier molecular flexibility index (Phi) is 2.48. The molecule has 0 atom stereocenters. The molecule has 0 unspecified atom stereocenters. The average Bonchev–Trinajstić information content (AvgIpc) is 2.66. The first-order valence-corrected chi connectivity index (χ1v) is 5.01. The lowest BCUT2D eigenvalue weighted by Crippen LogP contribution is -2.10. The maximum Gasteiger partial charge on any atom is 0.266 e. The molecule has 1 heterocycles. The van der Waals surface area contributed by atoms with Gasteiger partial charge in [0.25, 0.3) is 5.91 Å². The minimum Gasteiger partial charge on any atom is -0.364 e. The first kappa shape index (κ1) is 10.4. The van der Waals surface area contributed by atoms with Crippen LogP contribution in [0.15, 0.2) is 24.3 Å². The van der Waals surface area contributed by atoms with Gasteiger partial charge in [-0.25, -0.2) is 0 Å². The van der Waals surface area contributed by atoms with Crippen LogP contribution in [-0.2, 0) is 0 Å². The Balaban J connectivity index is 2.54. The molecule has 0 spiro atoms. The Bertz CT molecular complexity index is 523. The number of benzene rings is 1. The van der Waals surface area contributed by atoms with Crippen LogP contribution < -0.4 is 5.73 Å². The van der Waals surface area contributed by atoms with Crippen molar-refractivity contribution in [3.63, 3.8) is 0 Å². The lowest BCUT2D eigenvalue weighted by atomic mass is 10.00. The molecule has 2 aromatic rings. The predicted molar refractivity (Wildman–Crippen MR) is 62.0 cm³/mol. The van der Waals surface area contributed by atoms with Crippen molar-refractivity contribution in [1.82, 2.24) is 10.2 Å². The normalized spacial score (nSPS) is 10.4. The van der Waals surface area contributed by atoms with E-state index >= 15 is 0 Å². The van der Waals surface area contributed by atoms with Gasteiger partial charge in [-0.15, -0.1) is 0 Å². The maximum atomic E-state index is 11.0. The number of primary amides is 1. The number of carbonyl (C=O) groups excluding carboxylic acids is 1. The molecule has 0 saturated heterocycles. The van der Waals surface area contributed by atoms with Crippen molar-refractivity contribution in [2.75, 3.05) is 0 Å². The van der Waals surface area contributed by atoms with Crippen LogP contribution in [0, 0.1) is 13.8 Å². The lowest BCUT2D eigenvalue weighted by Gasteiger charge is -2.05. The highest BCUT2D eigenvalue weighted by molar-refractivity contribution is 5.92. The average molecular weight is 215 g/mol. The highest BCUT2D eigenvalue weighted by Gasteiger charge is 2.11. The molecule has 1 aromatic carbocycles.